The summed E-state index contributed by atoms with van der Waals surface area (Å²) in [6, 6.07) is 2.72. The van der Waals surface area contributed by atoms with Crippen LogP contribution in [0.5, 0.6) is 0 Å². The van der Waals surface area contributed by atoms with Crippen LogP contribution in [0.3, 0.4) is 0 Å². The number of carbonyl (C=O) groups is 2. The highest BCUT2D eigenvalue weighted by atomic mass is 32.2. The normalized spacial score (nSPS) is 19.5. The second-order valence-electron chi connectivity index (χ2n) is 9.64. The molecule has 0 aromatic heterocycles. The molecule has 12 heteroatoms. The summed E-state index contributed by atoms with van der Waals surface area (Å²) in [7, 11) is -5.91. The number of hydrogen-bond acceptors (Lipinski definition) is 6. The Hall–Kier alpha value is -2.34. The molecule has 0 bridgehead atoms. The summed E-state index contributed by atoms with van der Waals surface area (Å²) in [5.74, 6) is -1.19. The zero-order valence-electron chi connectivity index (χ0n) is 19.7. The molecule has 3 rings (SSSR count). The molecule has 1 atom stereocenters. The monoisotopic (exact) mass is 506 g/mol. The van der Waals surface area contributed by atoms with E-state index in [1.807, 2.05) is 0 Å². The summed E-state index contributed by atoms with van der Waals surface area (Å²) in [6.07, 6.45) is 1.60. The van der Waals surface area contributed by atoms with E-state index in [2.05, 4.69) is 0 Å². The highest BCUT2D eigenvalue weighted by Crippen LogP contribution is 2.38. The first-order valence-electron chi connectivity index (χ1n) is 10.9. The van der Waals surface area contributed by atoms with E-state index in [9.17, 15) is 31.2 Å². The third-order valence-corrected chi connectivity index (χ3v) is 7.09. The number of benzene rings is 1. The fraction of sp³-hybridized carbons (Fsp3) is 0.636. The number of alkyl halides is 3. The van der Waals surface area contributed by atoms with Crippen LogP contribution < -0.4 is 9.21 Å². The lowest BCUT2D eigenvalue weighted by atomic mass is 9.98. The summed E-state index contributed by atoms with van der Waals surface area (Å²) in [4.78, 5) is 26.5. The molecule has 1 aliphatic carbocycles. The number of nitrogens with zero attached hydrogens (tertiary/aromatic N) is 2. The Bertz CT molecular complexity index is 1080. The van der Waals surface area contributed by atoms with Gasteiger partial charge < -0.3 is 14.4 Å². The molecule has 1 unspecified atom stereocenters. The largest absolute Gasteiger partial charge is 0.516 e. The summed E-state index contributed by atoms with van der Waals surface area (Å²) in [5, 5.41) is 0. The molecule has 0 spiro atoms. The Kier molecular flexibility index (Phi) is 6.97. The third-order valence-electron chi connectivity index (χ3n) is 5.62. The zero-order valence-corrected chi connectivity index (χ0v) is 20.5. The number of anilines is 2. The second kappa shape index (κ2) is 9.03. The standard InChI is InChI=1S/C22H29F3N2O6S/c1-13-10-14(2)17(11-16(13)26-9-8-18(19(26)28)33-15-6-7-15)27(34(30,31)22(23,24)25)12-32-20(29)21(3,4)5/h10-11,15,18H,6-9,12H2,1-5H3. The van der Waals surface area contributed by atoms with E-state index in [1.54, 1.807) is 6.92 Å². The maximum absolute atomic E-state index is 13.5. The van der Waals surface area contributed by atoms with Crippen molar-refractivity contribution in [1.29, 1.82) is 0 Å². The number of amides is 1. The Morgan fingerprint density at radius 1 is 1.12 bits per heavy atom. The molecule has 34 heavy (non-hydrogen) atoms. The van der Waals surface area contributed by atoms with Crippen LogP contribution in [0.1, 0.15) is 51.2 Å². The lowest BCUT2D eigenvalue weighted by molar-refractivity contribution is -0.152. The first kappa shape index (κ1) is 26.3. The van der Waals surface area contributed by atoms with Gasteiger partial charge in [0.15, 0.2) is 6.73 Å². The highest BCUT2D eigenvalue weighted by Gasteiger charge is 2.51. The number of hydrogen-bond donors (Lipinski definition) is 0. The smallest absolute Gasteiger partial charge is 0.443 e. The fourth-order valence-corrected chi connectivity index (χ4v) is 4.47. The number of esters is 1. The van der Waals surface area contributed by atoms with Gasteiger partial charge in [0, 0.05) is 18.7 Å². The number of halogens is 3. The van der Waals surface area contributed by atoms with E-state index < -0.39 is 39.8 Å². The molecular formula is C22H29F3N2O6S. The van der Waals surface area contributed by atoms with Crippen LogP contribution in [-0.4, -0.2) is 51.3 Å². The molecule has 1 heterocycles. The van der Waals surface area contributed by atoms with Crippen LogP contribution in [0, 0.1) is 19.3 Å². The maximum Gasteiger partial charge on any atom is 0.516 e. The molecular weight excluding hydrogens is 477 g/mol. The lowest BCUT2D eigenvalue weighted by Gasteiger charge is -2.29. The van der Waals surface area contributed by atoms with Gasteiger partial charge in [-0.25, -0.2) is 4.31 Å². The van der Waals surface area contributed by atoms with Crippen LogP contribution in [0.15, 0.2) is 12.1 Å². The average molecular weight is 507 g/mol. The fourth-order valence-electron chi connectivity index (χ4n) is 3.57. The van der Waals surface area contributed by atoms with E-state index in [0.29, 0.717) is 12.0 Å². The van der Waals surface area contributed by atoms with E-state index in [1.165, 1.54) is 44.7 Å². The lowest BCUT2D eigenvalue weighted by Crippen LogP contribution is -2.44. The minimum Gasteiger partial charge on any atom is -0.443 e. The second-order valence-corrected chi connectivity index (χ2v) is 11.5. The van der Waals surface area contributed by atoms with E-state index in [-0.39, 0.29) is 39.8 Å². The summed E-state index contributed by atoms with van der Waals surface area (Å²) >= 11 is 0. The van der Waals surface area contributed by atoms with Crippen molar-refractivity contribution in [2.24, 2.45) is 5.41 Å². The van der Waals surface area contributed by atoms with Crippen LogP contribution in [0.2, 0.25) is 0 Å². The number of ether oxygens (including phenoxy) is 2. The molecule has 0 N–H and O–H groups in total. The highest BCUT2D eigenvalue weighted by molar-refractivity contribution is 7.93. The van der Waals surface area contributed by atoms with Gasteiger partial charge in [0.2, 0.25) is 0 Å². The third kappa shape index (κ3) is 5.32. The van der Waals surface area contributed by atoms with Crippen molar-refractivity contribution in [2.75, 3.05) is 22.5 Å². The first-order chi connectivity index (χ1) is 15.5. The molecule has 0 radical (unpaired) electrons. The number of aryl methyl sites for hydroxylation is 2. The molecule has 1 saturated carbocycles. The van der Waals surface area contributed by atoms with Gasteiger partial charge in [0.1, 0.15) is 6.10 Å². The Morgan fingerprint density at radius 3 is 2.26 bits per heavy atom. The van der Waals surface area contributed by atoms with Crippen molar-refractivity contribution in [3.8, 4) is 0 Å². The predicted molar refractivity (Wildman–Crippen MR) is 119 cm³/mol. The predicted octanol–water partition coefficient (Wildman–Crippen LogP) is 3.79. The van der Waals surface area contributed by atoms with Crippen molar-refractivity contribution >= 4 is 33.3 Å². The Labute approximate surface area is 197 Å². The quantitative estimate of drug-likeness (QED) is 0.413. The molecule has 1 aliphatic heterocycles. The molecule has 2 aliphatic rings. The van der Waals surface area contributed by atoms with Crippen LogP contribution in [0.25, 0.3) is 0 Å². The van der Waals surface area contributed by atoms with Crippen LogP contribution in [-0.2, 0) is 29.1 Å². The average Bonchev–Trinajstić information content (AvgIpc) is 3.44. The van der Waals surface area contributed by atoms with Gasteiger partial charge in [0.05, 0.1) is 17.2 Å². The van der Waals surface area contributed by atoms with Gasteiger partial charge in [-0.2, -0.15) is 21.6 Å². The Balaban J connectivity index is 2.00. The van der Waals surface area contributed by atoms with Gasteiger partial charge in [-0.1, -0.05) is 6.07 Å². The molecule has 2 fully saturated rings. The summed E-state index contributed by atoms with van der Waals surface area (Å²) in [5.41, 5.74) is -5.96. The van der Waals surface area contributed by atoms with Crippen molar-refractivity contribution in [3.05, 3.63) is 23.3 Å². The van der Waals surface area contributed by atoms with Gasteiger partial charge in [-0.3, -0.25) is 9.59 Å². The van der Waals surface area contributed by atoms with Crippen molar-refractivity contribution in [2.45, 2.75) is 71.6 Å². The molecule has 1 amide bonds. The molecule has 1 aromatic carbocycles. The SMILES string of the molecule is Cc1cc(C)c(N(COC(=O)C(C)(C)C)S(=O)(=O)C(F)(F)F)cc1N1CCC(OC2CC2)C1=O. The van der Waals surface area contributed by atoms with Crippen LogP contribution in [0.4, 0.5) is 24.5 Å². The number of rotatable bonds is 7. The molecule has 8 nitrogen and oxygen atoms in total. The van der Waals surface area contributed by atoms with Gasteiger partial charge >= 0.3 is 21.5 Å². The topological polar surface area (TPSA) is 93.2 Å². The molecule has 190 valence electrons. The number of carbonyl (C=O) groups excluding carboxylic acids is 2. The maximum atomic E-state index is 13.5. The summed E-state index contributed by atoms with van der Waals surface area (Å²) < 4.78 is 76.2. The van der Waals surface area contributed by atoms with E-state index >= 15 is 0 Å². The van der Waals surface area contributed by atoms with Gasteiger partial charge in [-0.05, 0) is 64.7 Å². The molecule has 1 saturated heterocycles. The minimum absolute atomic E-state index is 0.0215. The van der Waals surface area contributed by atoms with Crippen molar-refractivity contribution in [3.63, 3.8) is 0 Å². The van der Waals surface area contributed by atoms with Crippen molar-refractivity contribution < 1.29 is 40.7 Å². The van der Waals surface area contributed by atoms with Crippen molar-refractivity contribution in [1.82, 2.24) is 0 Å². The van der Waals surface area contributed by atoms with E-state index in [0.717, 1.165) is 12.8 Å². The van der Waals surface area contributed by atoms with E-state index in [4.69, 9.17) is 9.47 Å². The van der Waals surface area contributed by atoms with Crippen LogP contribution >= 0.6 is 0 Å². The number of sulfonamides is 1. The van der Waals surface area contributed by atoms with Gasteiger partial charge in [-0.15, -0.1) is 0 Å². The summed E-state index contributed by atoms with van der Waals surface area (Å²) in [6.45, 7) is 6.72. The first-order valence-corrected chi connectivity index (χ1v) is 12.3. The Morgan fingerprint density at radius 2 is 1.74 bits per heavy atom. The minimum atomic E-state index is -5.91. The van der Waals surface area contributed by atoms with Gasteiger partial charge in [0.25, 0.3) is 5.91 Å². The molecule has 1 aromatic rings. The zero-order chi connectivity index (χ0) is 25.6.